The van der Waals surface area contributed by atoms with Crippen LogP contribution in [0.15, 0.2) is 24.4 Å². The average Bonchev–Trinajstić information content (AvgIpc) is 3.21. The van der Waals surface area contributed by atoms with Gasteiger partial charge in [-0.2, -0.15) is 5.10 Å². The van der Waals surface area contributed by atoms with Gasteiger partial charge in [0.05, 0.1) is 36.1 Å². The van der Waals surface area contributed by atoms with Crippen LogP contribution in [0.1, 0.15) is 48.0 Å². The minimum absolute atomic E-state index is 0.328. The Morgan fingerprint density at radius 2 is 1.66 bits per heavy atom. The molecule has 2 aliphatic rings. The Balaban J connectivity index is 0.00000117. The first-order valence-electron chi connectivity index (χ1n) is 11.0. The number of morpholine rings is 1. The summed E-state index contributed by atoms with van der Waals surface area (Å²) in [7, 11) is -0.337. The van der Waals surface area contributed by atoms with Crippen molar-refractivity contribution in [3.8, 4) is 0 Å². The molecule has 0 aliphatic carbocycles. The molecule has 0 amide bonds. The third-order valence-corrected chi connectivity index (χ3v) is 6.14. The Morgan fingerprint density at radius 3 is 2.31 bits per heavy atom. The molecule has 4 rings (SSSR count). The summed E-state index contributed by atoms with van der Waals surface area (Å²) in [4.78, 5) is 2.46. The molecule has 0 atom stereocenters. The molecule has 2 saturated heterocycles. The highest BCUT2D eigenvalue weighted by Gasteiger charge is 2.51. The number of hydrogen-bond donors (Lipinski definition) is 0. The number of nitrogens with zero attached hydrogens (tertiary/aromatic N) is 3. The highest BCUT2D eigenvalue weighted by molar-refractivity contribution is 6.62. The zero-order chi connectivity index (χ0) is 21.1. The Hall–Kier alpha value is -1.41. The van der Waals surface area contributed by atoms with Gasteiger partial charge in [0.1, 0.15) is 0 Å². The van der Waals surface area contributed by atoms with Gasteiger partial charge in [0, 0.05) is 31.6 Å². The predicted molar refractivity (Wildman–Crippen MR) is 119 cm³/mol. The van der Waals surface area contributed by atoms with Crippen LogP contribution in [0.5, 0.6) is 0 Å². The maximum absolute atomic E-state index is 6.21. The lowest BCUT2D eigenvalue weighted by Gasteiger charge is -2.32. The smallest absolute Gasteiger partial charge is 0.399 e. The third kappa shape index (κ3) is 4.85. The van der Waals surface area contributed by atoms with E-state index in [4.69, 9.17) is 14.0 Å². The molecule has 0 unspecified atom stereocenters. The van der Waals surface area contributed by atoms with E-state index in [0.29, 0.717) is 0 Å². The molecule has 160 valence electrons. The zero-order valence-corrected chi connectivity index (χ0v) is 18.9. The minimum atomic E-state index is -0.337. The molecule has 2 aliphatic heterocycles. The number of aryl methyl sites for hydroxylation is 1. The molecule has 0 spiro atoms. The van der Waals surface area contributed by atoms with Gasteiger partial charge in [0.15, 0.2) is 0 Å². The first kappa shape index (κ1) is 22.3. The summed E-state index contributed by atoms with van der Waals surface area (Å²) in [6.45, 7) is 18.1. The molecule has 0 radical (unpaired) electrons. The SMILES string of the molecule is CC.CC1(C)OB(c2ccc3cnn(CCCN4CCOCC4)c3c2)OC1(C)C. The molecule has 29 heavy (non-hydrogen) atoms. The molecule has 0 bridgehead atoms. The summed E-state index contributed by atoms with van der Waals surface area (Å²) in [6.07, 6.45) is 3.02. The fourth-order valence-electron chi connectivity index (χ4n) is 3.66. The zero-order valence-electron chi connectivity index (χ0n) is 18.9. The van der Waals surface area contributed by atoms with Gasteiger partial charge in [-0.15, -0.1) is 0 Å². The van der Waals surface area contributed by atoms with E-state index in [9.17, 15) is 0 Å². The van der Waals surface area contributed by atoms with Crippen molar-refractivity contribution in [2.24, 2.45) is 0 Å². The number of hydrogen-bond acceptors (Lipinski definition) is 5. The summed E-state index contributed by atoms with van der Waals surface area (Å²) in [5.74, 6) is 0. The van der Waals surface area contributed by atoms with Crippen LogP contribution < -0.4 is 5.46 Å². The molecule has 6 nitrogen and oxygen atoms in total. The topological polar surface area (TPSA) is 48.8 Å². The molecule has 2 fully saturated rings. The van der Waals surface area contributed by atoms with Crippen LogP contribution in [0.25, 0.3) is 10.9 Å². The number of ether oxygens (including phenoxy) is 1. The lowest BCUT2D eigenvalue weighted by molar-refractivity contribution is 0.00578. The second kappa shape index (κ2) is 9.17. The van der Waals surface area contributed by atoms with Gasteiger partial charge >= 0.3 is 7.12 Å². The monoisotopic (exact) mass is 401 g/mol. The van der Waals surface area contributed by atoms with Gasteiger partial charge in [-0.25, -0.2) is 0 Å². The Kier molecular flexibility index (Phi) is 7.04. The standard InChI is InChI=1S/C20H30BN3O3.C2H6/c1-19(2)20(3,4)27-21(26-19)17-7-6-16-15-22-24(18(16)14-17)9-5-8-23-10-12-25-13-11-23;1-2/h6-7,14-15H,5,8-13H2,1-4H3;1-2H3. The maximum Gasteiger partial charge on any atom is 0.494 e. The van der Waals surface area contributed by atoms with Gasteiger partial charge in [0.25, 0.3) is 0 Å². The van der Waals surface area contributed by atoms with Crippen molar-refractivity contribution in [3.05, 3.63) is 24.4 Å². The normalized spacial score (nSPS) is 21.2. The van der Waals surface area contributed by atoms with Crippen molar-refractivity contribution in [3.63, 3.8) is 0 Å². The molecule has 0 saturated carbocycles. The summed E-state index contributed by atoms with van der Waals surface area (Å²) < 4.78 is 19.9. The van der Waals surface area contributed by atoms with Crippen LogP contribution >= 0.6 is 0 Å². The van der Waals surface area contributed by atoms with E-state index in [-0.39, 0.29) is 18.3 Å². The van der Waals surface area contributed by atoms with E-state index in [0.717, 1.165) is 62.2 Å². The molecular weight excluding hydrogens is 365 g/mol. The van der Waals surface area contributed by atoms with E-state index in [2.05, 4.69) is 60.6 Å². The summed E-state index contributed by atoms with van der Waals surface area (Å²) in [6, 6.07) is 6.37. The van der Waals surface area contributed by atoms with Crippen molar-refractivity contribution >= 4 is 23.5 Å². The van der Waals surface area contributed by atoms with Gasteiger partial charge in [0.2, 0.25) is 0 Å². The minimum Gasteiger partial charge on any atom is -0.399 e. The number of rotatable bonds is 5. The summed E-state index contributed by atoms with van der Waals surface area (Å²) in [5.41, 5.74) is 1.54. The summed E-state index contributed by atoms with van der Waals surface area (Å²) >= 11 is 0. The second-order valence-electron chi connectivity index (χ2n) is 8.58. The van der Waals surface area contributed by atoms with Crippen molar-refractivity contribution in [2.75, 3.05) is 32.8 Å². The van der Waals surface area contributed by atoms with E-state index in [1.165, 1.54) is 0 Å². The first-order chi connectivity index (χ1) is 13.9. The fourth-order valence-corrected chi connectivity index (χ4v) is 3.66. The van der Waals surface area contributed by atoms with Crippen LogP contribution in [0.4, 0.5) is 0 Å². The molecule has 3 heterocycles. The molecule has 1 aromatic heterocycles. The van der Waals surface area contributed by atoms with E-state index >= 15 is 0 Å². The van der Waals surface area contributed by atoms with Gasteiger partial charge in [-0.1, -0.05) is 26.0 Å². The van der Waals surface area contributed by atoms with Crippen LogP contribution in [-0.2, 0) is 20.6 Å². The van der Waals surface area contributed by atoms with E-state index in [1.54, 1.807) is 0 Å². The summed E-state index contributed by atoms with van der Waals surface area (Å²) in [5, 5.41) is 5.75. The van der Waals surface area contributed by atoms with Crippen molar-refractivity contribution in [1.29, 1.82) is 0 Å². The average molecular weight is 401 g/mol. The highest BCUT2D eigenvalue weighted by atomic mass is 16.7. The fraction of sp³-hybridized carbons (Fsp3) is 0.682. The van der Waals surface area contributed by atoms with Crippen LogP contribution in [-0.4, -0.2) is 65.8 Å². The van der Waals surface area contributed by atoms with Crippen molar-refractivity contribution in [2.45, 2.75) is 65.7 Å². The van der Waals surface area contributed by atoms with Crippen molar-refractivity contribution in [1.82, 2.24) is 14.7 Å². The Morgan fingerprint density at radius 1 is 1.00 bits per heavy atom. The molecule has 2 aromatic rings. The molecule has 1 aromatic carbocycles. The van der Waals surface area contributed by atoms with Gasteiger partial charge < -0.3 is 14.0 Å². The lowest BCUT2D eigenvalue weighted by Crippen LogP contribution is -2.41. The predicted octanol–water partition coefficient (Wildman–Crippen LogP) is 3.08. The van der Waals surface area contributed by atoms with Gasteiger partial charge in [-0.3, -0.25) is 9.58 Å². The maximum atomic E-state index is 6.21. The number of benzene rings is 1. The first-order valence-corrected chi connectivity index (χ1v) is 11.0. The molecular formula is C22H36BN3O3. The quantitative estimate of drug-likeness (QED) is 0.721. The largest absolute Gasteiger partial charge is 0.494 e. The van der Waals surface area contributed by atoms with E-state index < -0.39 is 0 Å². The van der Waals surface area contributed by atoms with Crippen LogP contribution in [0, 0.1) is 0 Å². The lowest BCUT2D eigenvalue weighted by atomic mass is 9.79. The second-order valence-corrected chi connectivity index (χ2v) is 8.58. The third-order valence-electron chi connectivity index (χ3n) is 6.14. The molecule has 7 heteroatoms. The van der Waals surface area contributed by atoms with Crippen LogP contribution in [0.2, 0.25) is 0 Å². The Labute approximate surface area is 175 Å². The van der Waals surface area contributed by atoms with Crippen molar-refractivity contribution < 1.29 is 14.0 Å². The van der Waals surface area contributed by atoms with E-state index in [1.807, 2.05) is 20.0 Å². The molecule has 0 N–H and O–H groups in total. The number of aromatic nitrogens is 2. The highest BCUT2D eigenvalue weighted by Crippen LogP contribution is 2.36. The Bertz CT molecular complexity index is 784. The van der Waals surface area contributed by atoms with Gasteiger partial charge in [-0.05, 0) is 45.6 Å². The van der Waals surface area contributed by atoms with Crippen LogP contribution in [0.3, 0.4) is 0 Å². The number of fused-ring (bicyclic) bond motifs is 1.